The Morgan fingerprint density at radius 3 is 2.84 bits per heavy atom. The third kappa shape index (κ3) is 2.69. The van der Waals surface area contributed by atoms with E-state index >= 15 is 0 Å². The van der Waals surface area contributed by atoms with Crippen LogP contribution in [-0.4, -0.2) is 30.2 Å². The van der Waals surface area contributed by atoms with Gasteiger partial charge in [0.25, 0.3) is 0 Å². The number of H-pyrrole nitrogens is 1. The van der Waals surface area contributed by atoms with Gasteiger partial charge >= 0.3 is 5.97 Å². The SMILES string of the molecule is Cn1c(-c2cc3ccc4c(Cl)c[nH]c4c3n2CC2CC2)nc2cc(C(=O)O)cc(F)c21. The highest BCUT2D eigenvalue weighted by Gasteiger charge is 2.27. The van der Waals surface area contributed by atoms with Crippen LogP contribution in [0.2, 0.25) is 5.02 Å². The van der Waals surface area contributed by atoms with Crippen LogP contribution in [0.25, 0.3) is 44.4 Å². The van der Waals surface area contributed by atoms with Crippen molar-refractivity contribution in [3.63, 3.8) is 0 Å². The number of imidazole rings is 1. The van der Waals surface area contributed by atoms with E-state index in [9.17, 15) is 14.3 Å². The molecule has 31 heavy (non-hydrogen) atoms. The van der Waals surface area contributed by atoms with Gasteiger partial charge in [-0.25, -0.2) is 14.2 Å². The number of nitrogens with zero attached hydrogens (tertiary/aromatic N) is 3. The third-order valence-corrected chi connectivity index (χ3v) is 6.51. The van der Waals surface area contributed by atoms with Gasteiger partial charge in [0.05, 0.1) is 32.8 Å². The molecule has 5 aromatic rings. The molecule has 1 aliphatic carbocycles. The smallest absolute Gasteiger partial charge is 0.335 e. The van der Waals surface area contributed by atoms with Crippen molar-refractivity contribution in [1.29, 1.82) is 0 Å². The van der Waals surface area contributed by atoms with Crippen molar-refractivity contribution in [1.82, 2.24) is 19.1 Å². The molecular weight excluding hydrogens is 419 g/mol. The summed E-state index contributed by atoms with van der Waals surface area (Å²) < 4.78 is 18.7. The Hall–Kier alpha value is -3.32. The zero-order valence-electron chi connectivity index (χ0n) is 16.6. The molecule has 6 rings (SSSR count). The lowest BCUT2D eigenvalue weighted by atomic mass is 10.2. The van der Waals surface area contributed by atoms with Gasteiger partial charge in [-0.3, -0.25) is 0 Å². The molecule has 0 amide bonds. The van der Waals surface area contributed by atoms with E-state index < -0.39 is 11.8 Å². The van der Waals surface area contributed by atoms with Crippen LogP contribution in [0.4, 0.5) is 4.39 Å². The van der Waals surface area contributed by atoms with E-state index in [2.05, 4.69) is 20.6 Å². The number of carboxylic acid groups (broad SMARTS) is 1. The zero-order chi connectivity index (χ0) is 21.4. The number of carbonyl (C=O) groups is 1. The number of nitrogens with one attached hydrogen (secondary N) is 1. The molecule has 1 aliphatic rings. The Labute approximate surface area is 180 Å². The summed E-state index contributed by atoms with van der Waals surface area (Å²) in [5.74, 6) is -0.583. The summed E-state index contributed by atoms with van der Waals surface area (Å²) in [5.41, 5.74) is 3.38. The molecule has 8 heteroatoms. The summed E-state index contributed by atoms with van der Waals surface area (Å²) in [7, 11) is 1.76. The normalized spacial score (nSPS) is 14.3. The molecule has 6 nitrogen and oxygen atoms in total. The van der Waals surface area contributed by atoms with Crippen molar-refractivity contribution in [2.45, 2.75) is 19.4 Å². The number of hydrogen-bond acceptors (Lipinski definition) is 2. The van der Waals surface area contributed by atoms with Crippen molar-refractivity contribution in [3.8, 4) is 11.5 Å². The van der Waals surface area contributed by atoms with E-state index in [1.165, 1.54) is 18.9 Å². The molecule has 0 aliphatic heterocycles. The predicted octanol–water partition coefficient (Wildman–Crippen LogP) is 5.58. The average Bonchev–Trinajstić information content (AvgIpc) is 3.24. The number of aromatic nitrogens is 4. The summed E-state index contributed by atoms with van der Waals surface area (Å²) in [4.78, 5) is 19.3. The molecule has 2 N–H and O–H groups in total. The van der Waals surface area contributed by atoms with Gasteiger partial charge in [0.15, 0.2) is 5.82 Å². The first kappa shape index (κ1) is 18.4. The molecule has 156 valence electrons. The van der Waals surface area contributed by atoms with Crippen LogP contribution in [0.1, 0.15) is 23.2 Å². The number of carboxylic acids is 1. The Bertz CT molecular complexity index is 1540. The number of aryl methyl sites for hydroxylation is 1. The van der Waals surface area contributed by atoms with E-state index in [1.54, 1.807) is 17.8 Å². The van der Waals surface area contributed by atoms with Crippen LogP contribution >= 0.6 is 11.6 Å². The number of fused-ring (bicyclic) bond motifs is 4. The molecule has 0 spiro atoms. The lowest BCUT2D eigenvalue weighted by molar-refractivity contribution is 0.0696. The fourth-order valence-electron chi connectivity index (χ4n) is 4.50. The van der Waals surface area contributed by atoms with Crippen LogP contribution < -0.4 is 0 Å². The summed E-state index contributed by atoms with van der Waals surface area (Å²) in [6.45, 7) is 0.834. The summed E-state index contributed by atoms with van der Waals surface area (Å²) in [5, 5.41) is 12.0. The number of rotatable bonds is 4. The first-order valence-electron chi connectivity index (χ1n) is 10.1. The molecule has 0 atom stereocenters. The van der Waals surface area contributed by atoms with Crippen molar-refractivity contribution in [2.24, 2.45) is 13.0 Å². The molecule has 3 heterocycles. The van der Waals surface area contributed by atoms with Gasteiger partial charge in [-0.2, -0.15) is 0 Å². The molecule has 3 aromatic heterocycles. The maximum atomic E-state index is 14.8. The standard InChI is InChI=1S/C23H18ClFN4O2/c1-28-21-16(25)6-13(23(30)31)7-17(21)27-22(28)18-8-12-4-5-14-15(24)9-26-19(14)20(12)29(18)10-11-2-3-11/h4-9,11,26H,2-3,10H2,1H3,(H,30,31). The molecule has 0 saturated heterocycles. The van der Waals surface area contributed by atoms with Gasteiger partial charge in [0.1, 0.15) is 11.3 Å². The Morgan fingerprint density at radius 1 is 1.29 bits per heavy atom. The van der Waals surface area contributed by atoms with Crippen LogP contribution in [0.15, 0.2) is 36.5 Å². The van der Waals surface area contributed by atoms with Crippen LogP contribution in [0, 0.1) is 11.7 Å². The maximum Gasteiger partial charge on any atom is 0.335 e. The number of aromatic amines is 1. The Balaban J connectivity index is 1.66. The van der Waals surface area contributed by atoms with Gasteiger partial charge in [-0.1, -0.05) is 23.7 Å². The van der Waals surface area contributed by atoms with Crippen molar-refractivity contribution in [2.75, 3.05) is 0 Å². The Morgan fingerprint density at radius 2 is 2.10 bits per heavy atom. The minimum absolute atomic E-state index is 0.115. The second-order valence-electron chi connectivity index (χ2n) is 8.27. The summed E-state index contributed by atoms with van der Waals surface area (Å²) in [6.07, 6.45) is 4.15. The second-order valence-corrected chi connectivity index (χ2v) is 8.68. The quantitative estimate of drug-likeness (QED) is 0.386. The number of halogens is 2. The first-order valence-corrected chi connectivity index (χ1v) is 10.5. The molecule has 2 aromatic carbocycles. The summed E-state index contributed by atoms with van der Waals surface area (Å²) in [6, 6.07) is 8.55. The van der Waals surface area contributed by atoms with Gasteiger partial charge in [-0.05, 0) is 37.0 Å². The van der Waals surface area contributed by atoms with E-state index in [4.69, 9.17) is 11.6 Å². The van der Waals surface area contributed by atoms with Crippen LogP contribution in [0.5, 0.6) is 0 Å². The van der Waals surface area contributed by atoms with Crippen LogP contribution in [-0.2, 0) is 13.6 Å². The van der Waals surface area contributed by atoms with Gasteiger partial charge < -0.3 is 19.2 Å². The van der Waals surface area contributed by atoms with Gasteiger partial charge in [0, 0.05) is 30.6 Å². The van der Waals surface area contributed by atoms with Crippen LogP contribution in [0.3, 0.4) is 0 Å². The van der Waals surface area contributed by atoms with E-state index in [-0.39, 0.29) is 11.1 Å². The van der Waals surface area contributed by atoms with Gasteiger partial charge in [0.2, 0.25) is 0 Å². The molecule has 1 fully saturated rings. The number of hydrogen-bond donors (Lipinski definition) is 2. The highest BCUT2D eigenvalue weighted by molar-refractivity contribution is 6.36. The average molecular weight is 437 g/mol. The fourth-order valence-corrected chi connectivity index (χ4v) is 4.71. The van der Waals surface area contributed by atoms with E-state index in [0.29, 0.717) is 22.3 Å². The first-order chi connectivity index (χ1) is 14.9. The largest absolute Gasteiger partial charge is 0.478 e. The fraction of sp³-hybridized carbons (Fsp3) is 0.217. The van der Waals surface area contributed by atoms with Gasteiger partial charge in [-0.15, -0.1) is 0 Å². The molecule has 0 bridgehead atoms. The highest BCUT2D eigenvalue weighted by atomic mass is 35.5. The van der Waals surface area contributed by atoms with E-state index in [0.717, 1.165) is 40.1 Å². The highest BCUT2D eigenvalue weighted by Crippen LogP contribution is 2.39. The third-order valence-electron chi connectivity index (χ3n) is 6.20. The number of benzene rings is 2. The topological polar surface area (TPSA) is 75.8 Å². The predicted molar refractivity (Wildman–Crippen MR) is 118 cm³/mol. The minimum Gasteiger partial charge on any atom is -0.478 e. The zero-order valence-corrected chi connectivity index (χ0v) is 17.4. The van der Waals surface area contributed by atoms with Crippen molar-refractivity contribution >= 4 is 50.4 Å². The summed E-state index contributed by atoms with van der Waals surface area (Å²) >= 11 is 6.36. The van der Waals surface area contributed by atoms with Crippen molar-refractivity contribution < 1.29 is 14.3 Å². The Kier molecular flexibility index (Phi) is 3.77. The molecule has 1 saturated carbocycles. The lowest BCUT2D eigenvalue weighted by Gasteiger charge is -2.11. The molecule has 0 radical (unpaired) electrons. The molecular formula is C23H18ClFN4O2. The number of aromatic carboxylic acids is 1. The lowest BCUT2D eigenvalue weighted by Crippen LogP contribution is -2.05. The second kappa shape index (κ2) is 6.34. The van der Waals surface area contributed by atoms with E-state index in [1.807, 2.05) is 12.1 Å². The monoisotopic (exact) mass is 436 g/mol. The molecule has 0 unspecified atom stereocenters. The van der Waals surface area contributed by atoms with Crippen molar-refractivity contribution in [3.05, 3.63) is 52.9 Å². The maximum absolute atomic E-state index is 14.8. The minimum atomic E-state index is -1.18.